The Balaban J connectivity index is 1.90. The van der Waals surface area contributed by atoms with E-state index >= 15 is 0 Å². The first-order valence-electron chi connectivity index (χ1n) is 7.13. The van der Waals surface area contributed by atoms with Crippen molar-refractivity contribution in [2.45, 2.75) is 37.8 Å². The van der Waals surface area contributed by atoms with Crippen molar-refractivity contribution >= 4 is 0 Å². The third-order valence-corrected chi connectivity index (χ3v) is 4.19. The van der Waals surface area contributed by atoms with Crippen LogP contribution in [-0.2, 0) is 18.4 Å². The van der Waals surface area contributed by atoms with Crippen molar-refractivity contribution in [1.82, 2.24) is 4.98 Å². The number of pyridine rings is 1. The number of rotatable bonds is 3. The number of benzene rings is 1. The molecular weight excluding hydrogens is 248 g/mol. The van der Waals surface area contributed by atoms with Crippen LogP contribution in [0, 0.1) is 0 Å². The highest BCUT2D eigenvalue weighted by atomic mass is 16.3. The molecule has 2 unspecified atom stereocenters. The third kappa shape index (κ3) is 2.23. The van der Waals surface area contributed by atoms with E-state index in [0.29, 0.717) is 12.8 Å². The van der Waals surface area contributed by atoms with Crippen molar-refractivity contribution in [2.75, 3.05) is 0 Å². The van der Waals surface area contributed by atoms with Gasteiger partial charge in [-0.05, 0) is 35.6 Å². The Hall–Kier alpha value is -1.71. The highest BCUT2D eigenvalue weighted by Crippen LogP contribution is 2.43. The minimum Gasteiger partial charge on any atom is -0.385 e. The van der Waals surface area contributed by atoms with Gasteiger partial charge in [0.05, 0.1) is 5.60 Å². The Morgan fingerprint density at radius 2 is 2.10 bits per heavy atom. The molecule has 0 radical (unpaired) electrons. The summed E-state index contributed by atoms with van der Waals surface area (Å²) >= 11 is 0. The lowest BCUT2D eigenvalue weighted by molar-refractivity contribution is 0.0332. The van der Waals surface area contributed by atoms with E-state index in [1.54, 1.807) is 0 Å². The number of aromatic nitrogens is 1. The minimum absolute atomic E-state index is 0.0916. The first-order valence-corrected chi connectivity index (χ1v) is 7.13. The summed E-state index contributed by atoms with van der Waals surface area (Å²) in [6.07, 6.45) is 3.94. The summed E-state index contributed by atoms with van der Waals surface area (Å²) in [7, 11) is 0. The van der Waals surface area contributed by atoms with Gasteiger partial charge in [0, 0.05) is 24.4 Å². The second-order valence-corrected chi connectivity index (χ2v) is 5.62. The van der Waals surface area contributed by atoms with Gasteiger partial charge in [-0.3, -0.25) is 4.98 Å². The number of nitrogens with two attached hydrogens (primary N) is 1. The number of aliphatic hydroxyl groups is 1. The summed E-state index contributed by atoms with van der Waals surface area (Å²) in [5.74, 6) is 0. The molecule has 1 aromatic heterocycles. The predicted molar refractivity (Wildman–Crippen MR) is 79.2 cm³/mol. The molecule has 20 heavy (non-hydrogen) atoms. The summed E-state index contributed by atoms with van der Waals surface area (Å²) in [5.41, 5.74) is 9.38. The molecule has 1 aliphatic carbocycles. The maximum Gasteiger partial charge on any atom is 0.0973 e. The summed E-state index contributed by atoms with van der Waals surface area (Å²) in [5, 5.41) is 11.0. The molecule has 2 aromatic rings. The normalized spacial score (nSPS) is 24.6. The lowest BCUT2D eigenvalue weighted by Gasteiger charge is -2.24. The second-order valence-electron chi connectivity index (χ2n) is 5.62. The van der Waals surface area contributed by atoms with Crippen molar-refractivity contribution in [3.8, 4) is 0 Å². The van der Waals surface area contributed by atoms with Gasteiger partial charge >= 0.3 is 0 Å². The van der Waals surface area contributed by atoms with E-state index in [1.807, 2.05) is 36.5 Å². The van der Waals surface area contributed by atoms with Crippen LogP contribution in [0.4, 0.5) is 0 Å². The van der Waals surface area contributed by atoms with Gasteiger partial charge in [-0.25, -0.2) is 0 Å². The lowest BCUT2D eigenvalue weighted by Crippen LogP contribution is -2.27. The van der Waals surface area contributed by atoms with Gasteiger partial charge in [-0.1, -0.05) is 37.3 Å². The first kappa shape index (κ1) is 13.3. The molecule has 0 amide bonds. The largest absolute Gasteiger partial charge is 0.385 e. The molecular formula is C17H20N2O. The number of nitrogens with zero attached hydrogens (tertiary/aromatic N) is 1. The molecule has 2 atom stereocenters. The fourth-order valence-corrected chi connectivity index (χ4v) is 3.06. The van der Waals surface area contributed by atoms with Crippen LogP contribution in [0.1, 0.15) is 41.8 Å². The Kier molecular flexibility index (Phi) is 3.32. The number of hydrogen-bond acceptors (Lipinski definition) is 3. The molecule has 3 nitrogen and oxygen atoms in total. The predicted octanol–water partition coefficient (Wildman–Crippen LogP) is 2.48. The summed E-state index contributed by atoms with van der Waals surface area (Å²) in [6, 6.07) is 11.9. The molecule has 3 rings (SSSR count). The Labute approximate surface area is 119 Å². The SMILES string of the molecule is CCc1ccc(CC2(O)CC(N)c3ccccc32)nc1. The zero-order valence-electron chi connectivity index (χ0n) is 11.7. The van der Waals surface area contributed by atoms with E-state index in [-0.39, 0.29) is 6.04 Å². The molecule has 104 valence electrons. The summed E-state index contributed by atoms with van der Waals surface area (Å²) in [6.45, 7) is 2.11. The molecule has 0 spiro atoms. The second kappa shape index (κ2) is 5.00. The topological polar surface area (TPSA) is 59.1 Å². The number of aryl methyl sites for hydroxylation is 1. The fraction of sp³-hybridized carbons (Fsp3) is 0.353. The first-order chi connectivity index (χ1) is 9.62. The molecule has 0 saturated heterocycles. The van der Waals surface area contributed by atoms with Crippen LogP contribution < -0.4 is 5.73 Å². The average Bonchev–Trinajstić information content (AvgIpc) is 2.72. The monoisotopic (exact) mass is 268 g/mol. The van der Waals surface area contributed by atoms with Crippen molar-refractivity contribution in [3.63, 3.8) is 0 Å². The van der Waals surface area contributed by atoms with E-state index in [4.69, 9.17) is 5.73 Å². The highest BCUT2D eigenvalue weighted by molar-refractivity contribution is 5.40. The number of fused-ring (bicyclic) bond motifs is 1. The molecule has 1 aromatic carbocycles. The van der Waals surface area contributed by atoms with E-state index in [0.717, 1.165) is 23.2 Å². The Morgan fingerprint density at radius 3 is 2.80 bits per heavy atom. The van der Waals surface area contributed by atoms with Gasteiger partial charge in [-0.15, -0.1) is 0 Å². The van der Waals surface area contributed by atoms with Crippen LogP contribution in [0.2, 0.25) is 0 Å². The molecule has 0 fully saturated rings. The smallest absolute Gasteiger partial charge is 0.0973 e. The van der Waals surface area contributed by atoms with Crippen molar-refractivity contribution in [1.29, 1.82) is 0 Å². The molecule has 3 heteroatoms. The van der Waals surface area contributed by atoms with Crippen LogP contribution in [0.15, 0.2) is 42.6 Å². The molecule has 0 bridgehead atoms. The molecule has 1 aliphatic rings. The zero-order chi connectivity index (χ0) is 14.2. The van der Waals surface area contributed by atoms with Crippen LogP contribution >= 0.6 is 0 Å². The summed E-state index contributed by atoms with van der Waals surface area (Å²) < 4.78 is 0. The van der Waals surface area contributed by atoms with Crippen molar-refractivity contribution < 1.29 is 5.11 Å². The van der Waals surface area contributed by atoms with Gasteiger partial charge in [-0.2, -0.15) is 0 Å². The van der Waals surface area contributed by atoms with E-state index in [1.165, 1.54) is 5.56 Å². The maximum atomic E-state index is 11.0. The highest BCUT2D eigenvalue weighted by Gasteiger charge is 2.40. The van der Waals surface area contributed by atoms with Crippen molar-refractivity contribution in [2.24, 2.45) is 5.73 Å². The summed E-state index contributed by atoms with van der Waals surface area (Å²) in [4.78, 5) is 4.46. The van der Waals surface area contributed by atoms with Gasteiger partial charge in [0.15, 0.2) is 0 Å². The Morgan fingerprint density at radius 1 is 1.30 bits per heavy atom. The van der Waals surface area contributed by atoms with Crippen LogP contribution in [0.3, 0.4) is 0 Å². The minimum atomic E-state index is -0.892. The fourth-order valence-electron chi connectivity index (χ4n) is 3.06. The molecule has 1 heterocycles. The molecule has 3 N–H and O–H groups in total. The lowest BCUT2D eigenvalue weighted by atomic mass is 9.90. The van der Waals surface area contributed by atoms with Gasteiger partial charge in [0.1, 0.15) is 0 Å². The number of hydrogen-bond donors (Lipinski definition) is 2. The average molecular weight is 268 g/mol. The third-order valence-electron chi connectivity index (χ3n) is 4.19. The standard InChI is InChI=1S/C17H20N2O/c1-2-12-7-8-13(19-11-12)9-17(20)10-16(18)14-5-3-4-6-15(14)17/h3-8,11,16,20H,2,9-10,18H2,1H3. The zero-order valence-corrected chi connectivity index (χ0v) is 11.7. The van der Waals surface area contributed by atoms with Crippen LogP contribution in [-0.4, -0.2) is 10.1 Å². The van der Waals surface area contributed by atoms with Gasteiger partial charge in [0.25, 0.3) is 0 Å². The molecule has 0 aliphatic heterocycles. The van der Waals surface area contributed by atoms with Crippen LogP contribution in [0.25, 0.3) is 0 Å². The van der Waals surface area contributed by atoms with E-state index in [2.05, 4.69) is 18.0 Å². The maximum absolute atomic E-state index is 11.0. The van der Waals surface area contributed by atoms with Crippen molar-refractivity contribution in [3.05, 3.63) is 65.0 Å². The quantitative estimate of drug-likeness (QED) is 0.899. The molecule has 0 saturated carbocycles. The Bertz CT molecular complexity index is 609. The van der Waals surface area contributed by atoms with E-state index in [9.17, 15) is 5.11 Å². The van der Waals surface area contributed by atoms with Gasteiger partial charge < -0.3 is 10.8 Å². The van der Waals surface area contributed by atoms with Crippen LogP contribution in [0.5, 0.6) is 0 Å². The van der Waals surface area contributed by atoms with Gasteiger partial charge in [0.2, 0.25) is 0 Å². The van der Waals surface area contributed by atoms with E-state index < -0.39 is 5.60 Å².